The number of nitrogens with one attached hydrogen (secondary N) is 1. The summed E-state index contributed by atoms with van der Waals surface area (Å²) in [6, 6.07) is 0. The number of rotatable bonds is 3. The molecule has 0 saturated carbocycles. The van der Waals surface area contributed by atoms with Crippen molar-refractivity contribution >= 4 is 0 Å². The Morgan fingerprint density at radius 1 is 1.56 bits per heavy atom. The zero-order chi connectivity index (χ0) is 11.5. The number of hydrogen-bond donors (Lipinski definition) is 1. The summed E-state index contributed by atoms with van der Waals surface area (Å²) in [6.45, 7) is 3.10. The summed E-state index contributed by atoms with van der Waals surface area (Å²) < 4.78 is 1.56. The molecule has 0 amide bonds. The summed E-state index contributed by atoms with van der Waals surface area (Å²) in [5.74, 6) is 0. The summed E-state index contributed by atoms with van der Waals surface area (Å²) in [6.07, 6.45) is 2.75. The van der Waals surface area contributed by atoms with Crippen molar-refractivity contribution < 1.29 is 0 Å². The predicted molar refractivity (Wildman–Crippen MR) is 62.5 cm³/mol. The van der Waals surface area contributed by atoms with Gasteiger partial charge in [0.25, 0.3) is 5.56 Å². The van der Waals surface area contributed by atoms with Crippen molar-refractivity contribution in [3.63, 3.8) is 0 Å². The normalized spacial score (nSPS) is 15.2. The first-order chi connectivity index (χ1) is 7.68. The molecule has 1 N–H and O–H groups in total. The second-order valence-corrected chi connectivity index (χ2v) is 4.41. The van der Waals surface area contributed by atoms with Gasteiger partial charge in [0.15, 0.2) is 0 Å². The third-order valence-electron chi connectivity index (χ3n) is 2.87. The standard InChI is InChI=1S/C11H18N4O/c1-14(2)5-6-15-11(16)10-8-12-4-3-9(10)7-13-15/h7,12H,3-6,8H2,1-2H3. The van der Waals surface area contributed by atoms with E-state index in [2.05, 4.69) is 10.4 Å². The maximum atomic E-state index is 12.1. The SMILES string of the molecule is CN(C)CCn1ncc2c(c1=O)CNCC2. The number of hydrogen-bond acceptors (Lipinski definition) is 4. The van der Waals surface area contributed by atoms with Gasteiger partial charge in [0.1, 0.15) is 0 Å². The first-order valence-electron chi connectivity index (χ1n) is 5.62. The van der Waals surface area contributed by atoms with Crippen molar-refractivity contribution in [3.8, 4) is 0 Å². The minimum atomic E-state index is 0.0616. The van der Waals surface area contributed by atoms with Crippen LogP contribution in [0, 0.1) is 0 Å². The molecule has 0 spiro atoms. The largest absolute Gasteiger partial charge is 0.312 e. The van der Waals surface area contributed by atoms with Gasteiger partial charge < -0.3 is 10.2 Å². The monoisotopic (exact) mass is 222 g/mol. The Balaban J connectivity index is 2.24. The van der Waals surface area contributed by atoms with Crippen molar-refractivity contribution in [1.82, 2.24) is 20.0 Å². The van der Waals surface area contributed by atoms with E-state index in [9.17, 15) is 4.79 Å². The van der Waals surface area contributed by atoms with E-state index in [1.165, 1.54) is 0 Å². The van der Waals surface area contributed by atoms with E-state index in [4.69, 9.17) is 0 Å². The van der Waals surface area contributed by atoms with Gasteiger partial charge in [0.05, 0.1) is 12.7 Å². The quantitative estimate of drug-likeness (QED) is 0.745. The third-order valence-corrected chi connectivity index (χ3v) is 2.87. The van der Waals surface area contributed by atoms with Crippen LogP contribution in [0.3, 0.4) is 0 Å². The molecule has 1 aliphatic heterocycles. The lowest BCUT2D eigenvalue weighted by atomic mass is 10.1. The molecule has 1 aromatic heterocycles. The molecule has 0 bridgehead atoms. The fraction of sp³-hybridized carbons (Fsp3) is 0.636. The molecule has 1 aliphatic rings. The zero-order valence-corrected chi connectivity index (χ0v) is 9.86. The molecule has 5 nitrogen and oxygen atoms in total. The van der Waals surface area contributed by atoms with E-state index in [1.54, 1.807) is 4.68 Å². The molecule has 0 radical (unpaired) electrons. The van der Waals surface area contributed by atoms with Crippen LogP contribution in [0.4, 0.5) is 0 Å². The highest BCUT2D eigenvalue weighted by atomic mass is 16.1. The molecule has 2 heterocycles. The van der Waals surface area contributed by atoms with Crippen LogP contribution in [0.2, 0.25) is 0 Å². The fourth-order valence-electron chi connectivity index (χ4n) is 1.86. The number of nitrogens with zero attached hydrogens (tertiary/aromatic N) is 3. The molecule has 5 heteroatoms. The highest BCUT2D eigenvalue weighted by Crippen LogP contribution is 2.06. The van der Waals surface area contributed by atoms with E-state index in [-0.39, 0.29) is 5.56 Å². The Morgan fingerprint density at radius 2 is 2.38 bits per heavy atom. The Kier molecular flexibility index (Phi) is 3.36. The van der Waals surface area contributed by atoms with E-state index in [0.717, 1.165) is 30.6 Å². The lowest BCUT2D eigenvalue weighted by Gasteiger charge is -2.17. The van der Waals surface area contributed by atoms with Crippen molar-refractivity contribution in [1.29, 1.82) is 0 Å². The molecule has 0 atom stereocenters. The van der Waals surface area contributed by atoms with Crippen LogP contribution >= 0.6 is 0 Å². The predicted octanol–water partition coefficient (Wildman–Crippen LogP) is -0.549. The van der Waals surface area contributed by atoms with Gasteiger partial charge in [-0.1, -0.05) is 0 Å². The molecule has 0 unspecified atom stereocenters. The van der Waals surface area contributed by atoms with Crippen LogP contribution in [0.15, 0.2) is 11.0 Å². The van der Waals surface area contributed by atoms with Crippen LogP contribution < -0.4 is 10.9 Å². The van der Waals surface area contributed by atoms with Crippen molar-refractivity contribution in [2.24, 2.45) is 0 Å². The maximum absolute atomic E-state index is 12.1. The number of fused-ring (bicyclic) bond motifs is 1. The smallest absolute Gasteiger partial charge is 0.271 e. The van der Waals surface area contributed by atoms with Crippen LogP contribution in [-0.4, -0.2) is 41.9 Å². The summed E-state index contributed by atoms with van der Waals surface area (Å²) in [4.78, 5) is 14.1. The second-order valence-electron chi connectivity index (χ2n) is 4.41. The van der Waals surface area contributed by atoms with Gasteiger partial charge in [0.2, 0.25) is 0 Å². The Labute approximate surface area is 95.1 Å². The lowest BCUT2D eigenvalue weighted by Crippen LogP contribution is -2.36. The van der Waals surface area contributed by atoms with Gasteiger partial charge in [-0.15, -0.1) is 0 Å². The molecular weight excluding hydrogens is 204 g/mol. The molecule has 16 heavy (non-hydrogen) atoms. The molecule has 0 fully saturated rings. The summed E-state index contributed by atoms with van der Waals surface area (Å²) >= 11 is 0. The van der Waals surface area contributed by atoms with Gasteiger partial charge in [-0.25, -0.2) is 4.68 Å². The van der Waals surface area contributed by atoms with Crippen molar-refractivity contribution in [2.45, 2.75) is 19.5 Å². The Morgan fingerprint density at radius 3 is 3.12 bits per heavy atom. The zero-order valence-electron chi connectivity index (χ0n) is 9.86. The summed E-state index contributed by atoms with van der Waals surface area (Å²) in [5.41, 5.74) is 2.05. The summed E-state index contributed by atoms with van der Waals surface area (Å²) in [7, 11) is 3.98. The Bertz CT molecular complexity index is 424. The second kappa shape index (κ2) is 4.76. The van der Waals surface area contributed by atoms with E-state index in [1.807, 2.05) is 25.2 Å². The highest BCUT2D eigenvalue weighted by Gasteiger charge is 2.14. The molecule has 2 rings (SSSR count). The fourth-order valence-corrected chi connectivity index (χ4v) is 1.86. The maximum Gasteiger partial charge on any atom is 0.271 e. The van der Waals surface area contributed by atoms with Gasteiger partial charge >= 0.3 is 0 Å². The Hall–Kier alpha value is -1.20. The number of likely N-dealkylation sites (N-methyl/N-ethyl adjacent to an activating group) is 1. The molecule has 0 aliphatic carbocycles. The number of aromatic nitrogens is 2. The first kappa shape index (κ1) is 11.3. The molecule has 1 aromatic rings. The van der Waals surface area contributed by atoms with Gasteiger partial charge in [-0.3, -0.25) is 4.79 Å². The molecule has 0 aromatic carbocycles. The average Bonchev–Trinajstić information content (AvgIpc) is 2.28. The molecule has 0 saturated heterocycles. The topological polar surface area (TPSA) is 50.2 Å². The van der Waals surface area contributed by atoms with E-state index >= 15 is 0 Å². The minimum absolute atomic E-state index is 0.0616. The van der Waals surface area contributed by atoms with Gasteiger partial charge in [0, 0.05) is 18.7 Å². The van der Waals surface area contributed by atoms with Crippen LogP contribution in [-0.2, 0) is 19.5 Å². The van der Waals surface area contributed by atoms with E-state index < -0.39 is 0 Å². The molecule has 88 valence electrons. The van der Waals surface area contributed by atoms with Crippen LogP contribution in [0.25, 0.3) is 0 Å². The summed E-state index contributed by atoms with van der Waals surface area (Å²) in [5, 5.41) is 7.44. The highest BCUT2D eigenvalue weighted by molar-refractivity contribution is 5.23. The van der Waals surface area contributed by atoms with E-state index in [0.29, 0.717) is 13.1 Å². The van der Waals surface area contributed by atoms with Crippen molar-refractivity contribution in [3.05, 3.63) is 27.7 Å². The average molecular weight is 222 g/mol. The first-order valence-corrected chi connectivity index (χ1v) is 5.62. The van der Waals surface area contributed by atoms with Gasteiger partial charge in [-0.2, -0.15) is 5.10 Å². The van der Waals surface area contributed by atoms with Crippen LogP contribution in [0.1, 0.15) is 11.1 Å². The van der Waals surface area contributed by atoms with Gasteiger partial charge in [-0.05, 0) is 32.6 Å². The third kappa shape index (κ3) is 2.31. The minimum Gasteiger partial charge on any atom is -0.312 e. The molecular formula is C11H18N4O. The van der Waals surface area contributed by atoms with Crippen LogP contribution in [0.5, 0.6) is 0 Å². The van der Waals surface area contributed by atoms with Crippen molar-refractivity contribution in [2.75, 3.05) is 27.2 Å². The lowest BCUT2D eigenvalue weighted by molar-refractivity contribution is 0.365.